The molecular weight excluding hydrogens is 250 g/mol. The van der Waals surface area contributed by atoms with E-state index >= 15 is 0 Å². The van der Waals surface area contributed by atoms with Gasteiger partial charge in [-0.15, -0.1) is 0 Å². The monoisotopic (exact) mass is 275 g/mol. The number of fused-ring (bicyclic) bond motifs is 1. The van der Waals surface area contributed by atoms with Gasteiger partial charge in [-0.25, -0.2) is 0 Å². The van der Waals surface area contributed by atoms with Crippen LogP contribution >= 0.6 is 11.8 Å². The molecule has 0 amide bonds. The summed E-state index contributed by atoms with van der Waals surface area (Å²) in [6.45, 7) is 0. The summed E-state index contributed by atoms with van der Waals surface area (Å²) in [5.41, 5.74) is 9.49. The molecule has 2 aliphatic rings. The lowest BCUT2D eigenvalue weighted by molar-refractivity contribution is 0.511. The summed E-state index contributed by atoms with van der Waals surface area (Å²) >= 11 is 2.20. The highest BCUT2D eigenvalue weighted by molar-refractivity contribution is 8.00. The zero-order valence-corrected chi connectivity index (χ0v) is 12.5. The lowest BCUT2D eigenvalue weighted by Crippen LogP contribution is -2.26. The Bertz CT molecular complexity index is 411. The molecule has 0 aliphatic heterocycles. The predicted octanol–water partition coefficient (Wildman–Crippen LogP) is 4.46. The number of aryl methyl sites for hydroxylation is 1. The third kappa shape index (κ3) is 3.17. The fourth-order valence-electron chi connectivity index (χ4n) is 3.56. The van der Waals surface area contributed by atoms with Gasteiger partial charge >= 0.3 is 0 Å². The van der Waals surface area contributed by atoms with Crippen molar-refractivity contribution in [3.05, 3.63) is 35.4 Å². The SMILES string of the molecule is NC1c2ccccc2CCCC1SC1CCCCC1. The first kappa shape index (κ1) is 13.5. The number of benzene rings is 1. The van der Waals surface area contributed by atoms with Crippen molar-refractivity contribution in [1.29, 1.82) is 0 Å². The van der Waals surface area contributed by atoms with Gasteiger partial charge in [0.15, 0.2) is 0 Å². The van der Waals surface area contributed by atoms with Crippen LogP contribution in [0, 0.1) is 0 Å². The molecular formula is C17H25NS. The number of nitrogens with two attached hydrogens (primary N) is 1. The van der Waals surface area contributed by atoms with E-state index in [0.717, 1.165) is 5.25 Å². The second-order valence-electron chi connectivity index (χ2n) is 6.05. The second kappa shape index (κ2) is 6.32. The van der Waals surface area contributed by atoms with Gasteiger partial charge in [0.1, 0.15) is 0 Å². The second-order valence-corrected chi connectivity index (χ2v) is 7.60. The van der Waals surface area contributed by atoms with Crippen molar-refractivity contribution in [1.82, 2.24) is 0 Å². The van der Waals surface area contributed by atoms with Crippen LogP contribution in [0.4, 0.5) is 0 Å². The van der Waals surface area contributed by atoms with E-state index < -0.39 is 0 Å². The van der Waals surface area contributed by atoms with Crippen molar-refractivity contribution in [3.8, 4) is 0 Å². The molecule has 0 radical (unpaired) electrons. The van der Waals surface area contributed by atoms with Crippen molar-refractivity contribution < 1.29 is 0 Å². The van der Waals surface area contributed by atoms with Gasteiger partial charge in [-0.05, 0) is 43.2 Å². The summed E-state index contributed by atoms with van der Waals surface area (Å²) in [5.74, 6) is 0. The van der Waals surface area contributed by atoms with Crippen molar-refractivity contribution in [3.63, 3.8) is 0 Å². The van der Waals surface area contributed by atoms with Crippen molar-refractivity contribution in [2.75, 3.05) is 0 Å². The van der Waals surface area contributed by atoms with Gasteiger partial charge < -0.3 is 5.73 Å². The van der Waals surface area contributed by atoms with Crippen LogP contribution in [0.2, 0.25) is 0 Å². The van der Waals surface area contributed by atoms with E-state index in [1.165, 1.54) is 62.5 Å². The van der Waals surface area contributed by atoms with E-state index in [1.54, 1.807) is 0 Å². The molecule has 0 spiro atoms. The molecule has 19 heavy (non-hydrogen) atoms. The van der Waals surface area contributed by atoms with Crippen LogP contribution in [0.5, 0.6) is 0 Å². The Labute approximate surface area is 121 Å². The Morgan fingerprint density at radius 1 is 0.947 bits per heavy atom. The topological polar surface area (TPSA) is 26.0 Å². The van der Waals surface area contributed by atoms with Gasteiger partial charge in [-0.3, -0.25) is 0 Å². The van der Waals surface area contributed by atoms with Crippen molar-refractivity contribution in [2.24, 2.45) is 5.73 Å². The molecule has 1 aromatic rings. The molecule has 0 bridgehead atoms. The maximum Gasteiger partial charge on any atom is 0.0418 e. The molecule has 2 N–H and O–H groups in total. The Hall–Kier alpha value is -0.470. The average Bonchev–Trinajstić information content (AvgIpc) is 2.61. The zero-order valence-electron chi connectivity index (χ0n) is 11.7. The minimum Gasteiger partial charge on any atom is -0.323 e. The van der Waals surface area contributed by atoms with Gasteiger partial charge in [0.2, 0.25) is 0 Å². The number of rotatable bonds is 2. The Balaban J connectivity index is 1.72. The van der Waals surface area contributed by atoms with Gasteiger partial charge in [0.25, 0.3) is 0 Å². The van der Waals surface area contributed by atoms with Crippen LogP contribution < -0.4 is 5.73 Å². The van der Waals surface area contributed by atoms with E-state index in [1.807, 2.05) is 0 Å². The molecule has 1 aromatic carbocycles. The van der Waals surface area contributed by atoms with Crippen LogP contribution in [0.1, 0.15) is 62.1 Å². The molecule has 0 heterocycles. The van der Waals surface area contributed by atoms with E-state index in [4.69, 9.17) is 5.73 Å². The predicted molar refractivity (Wildman–Crippen MR) is 84.6 cm³/mol. The number of hydrogen-bond donors (Lipinski definition) is 1. The summed E-state index contributed by atoms with van der Waals surface area (Å²) < 4.78 is 0. The summed E-state index contributed by atoms with van der Waals surface area (Å²) in [4.78, 5) is 0. The summed E-state index contributed by atoms with van der Waals surface area (Å²) in [6, 6.07) is 9.06. The van der Waals surface area contributed by atoms with Crippen LogP contribution in [0.15, 0.2) is 24.3 Å². The average molecular weight is 275 g/mol. The van der Waals surface area contributed by atoms with Crippen LogP contribution in [0.3, 0.4) is 0 Å². The van der Waals surface area contributed by atoms with E-state index in [2.05, 4.69) is 36.0 Å². The maximum absolute atomic E-state index is 6.59. The van der Waals surface area contributed by atoms with Crippen LogP contribution in [0.25, 0.3) is 0 Å². The van der Waals surface area contributed by atoms with Crippen LogP contribution in [-0.4, -0.2) is 10.5 Å². The summed E-state index contributed by atoms with van der Waals surface area (Å²) in [6.07, 6.45) is 10.9. The molecule has 2 aliphatic carbocycles. The number of thioether (sulfide) groups is 1. The molecule has 2 atom stereocenters. The number of hydrogen-bond acceptors (Lipinski definition) is 2. The Morgan fingerprint density at radius 2 is 1.74 bits per heavy atom. The first-order valence-corrected chi connectivity index (χ1v) is 8.78. The van der Waals surface area contributed by atoms with Gasteiger partial charge in [-0.1, -0.05) is 43.5 Å². The molecule has 0 saturated heterocycles. The normalized spacial score (nSPS) is 28.7. The van der Waals surface area contributed by atoms with Gasteiger partial charge in [0, 0.05) is 16.5 Å². The molecule has 2 unspecified atom stereocenters. The standard InChI is InChI=1S/C17H25NS/c18-17-15-11-5-4-7-13(15)8-6-12-16(17)19-14-9-2-1-3-10-14/h4-5,7,11,14,16-17H,1-3,6,8-10,12,18H2. The molecule has 2 heteroatoms. The Kier molecular flexibility index (Phi) is 4.49. The first-order chi connectivity index (χ1) is 9.34. The van der Waals surface area contributed by atoms with Crippen molar-refractivity contribution >= 4 is 11.8 Å². The summed E-state index contributed by atoms with van der Waals surface area (Å²) in [7, 11) is 0. The Morgan fingerprint density at radius 3 is 2.58 bits per heavy atom. The lowest BCUT2D eigenvalue weighted by Gasteiger charge is -2.29. The van der Waals surface area contributed by atoms with Crippen molar-refractivity contribution in [2.45, 2.75) is 67.9 Å². The maximum atomic E-state index is 6.59. The third-order valence-electron chi connectivity index (χ3n) is 4.67. The third-order valence-corrected chi connectivity index (χ3v) is 6.40. The minimum absolute atomic E-state index is 0.241. The fraction of sp³-hybridized carbons (Fsp3) is 0.647. The highest BCUT2D eigenvalue weighted by atomic mass is 32.2. The smallest absolute Gasteiger partial charge is 0.0418 e. The highest BCUT2D eigenvalue weighted by Crippen LogP contribution is 2.39. The van der Waals surface area contributed by atoms with E-state index in [-0.39, 0.29) is 6.04 Å². The largest absolute Gasteiger partial charge is 0.323 e. The molecule has 104 valence electrons. The fourth-order valence-corrected chi connectivity index (χ4v) is 5.28. The summed E-state index contributed by atoms with van der Waals surface area (Å²) in [5, 5.41) is 1.50. The molecule has 0 aromatic heterocycles. The molecule has 1 nitrogen and oxygen atoms in total. The minimum atomic E-state index is 0.241. The quantitative estimate of drug-likeness (QED) is 0.807. The van der Waals surface area contributed by atoms with Gasteiger partial charge in [-0.2, -0.15) is 11.8 Å². The molecule has 3 rings (SSSR count). The molecule has 1 saturated carbocycles. The van der Waals surface area contributed by atoms with Gasteiger partial charge in [0.05, 0.1) is 0 Å². The lowest BCUT2D eigenvalue weighted by atomic mass is 9.99. The zero-order chi connectivity index (χ0) is 13.1. The first-order valence-electron chi connectivity index (χ1n) is 7.83. The van der Waals surface area contributed by atoms with Crippen LogP contribution in [-0.2, 0) is 6.42 Å². The van der Waals surface area contributed by atoms with E-state index in [9.17, 15) is 0 Å². The highest BCUT2D eigenvalue weighted by Gasteiger charge is 2.28. The van der Waals surface area contributed by atoms with E-state index in [0.29, 0.717) is 5.25 Å². The molecule has 1 fully saturated rings.